The molecular formula is C11H16N2O4. The van der Waals surface area contributed by atoms with Gasteiger partial charge in [-0.1, -0.05) is 0 Å². The Balaban J connectivity index is 2.46. The Labute approximate surface area is 99.3 Å². The molecule has 0 fully saturated rings. The third-order valence-electron chi connectivity index (χ3n) is 2.28. The second kappa shape index (κ2) is 6.70. The first kappa shape index (κ1) is 13.2. The van der Waals surface area contributed by atoms with E-state index in [2.05, 4.69) is 10.3 Å². The number of ether oxygens (including phenoxy) is 1. The lowest BCUT2D eigenvalue weighted by Gasteiger charge is -2.13. The molecule has 94 valence electrons. The lowest BCUT2D eigenvalue weighted by Crippen LogP contribution is -2.22. The number of nitrogens with zero attached hydrogens (tertiary/aromatic N) is 1. The van der Waals surface area contributed by atoms with E-state index in [0.717, 1.165) is 0 Å². The Bertz CT molecular complexity index is 370. The van der Waals surface area contributed by atoms with Crippen LogP contribution >= 0.6 is 0 Å². The van der Waals surface area contributed by atoms with E-state index in [-0.39, 0.29) is 0 Å². The molecule has 1 amide bonds. The minimum Gasteiger partial charge on any atom is -0.481 e. The van der Waals surface area contributed by atoms with Crippen molar-refractivity contribution in [2.75, 3.05) is 13.7 Å². The number of rotatable bonds is 6. The van der Waals surface area contributed by atoms with Gasteiger partial charge in [-0.25, -0.2) is 9.78 Å². The van der Waals surface area contributed by atoms with Gasteiger partial charge in [-0.3, -0.25) is 0 Å². The fraction of sp³-hybridized carbons (Fsp3) is 0.455. The van der Waals surface area contributed by atoms with Crippen LogP contribution in [0.3, 0.4) is 0 Å². The Morgan fingerprint density at radius 2 is 2.41 bits per heavy atom. The van der Waals surface area contributed by atoms with E-state index < -0.39 is 12.2 Å². The van der Waals surface area contributed by atoms with Crippen LogP contribution in [0.25, 0.3) is 0 Å². The molecule has 0 aromatic carbocycles. The molecule has 1 unspecified atom stereocenters. The summed E-state index contributed by atoms with van der Waals surface area (Å²) < 4.78 is 5.03. The third kappa shape index (κ3) is 4.28. The van der Waals surface area contributed by atoms with Gasteiger partial charge in [-0.15, -0.1) is 0 Å². The van der Waals surface area contributed by atoms with Crippen molar-refractivity contribution in [2.24, 2.45) is 0 Å². The van der Waals surface area contributed by atoms with Crippen LogP contribution in [-0.4, -0.2) is 34.9 Å². The molecule has 17 heavy (non-hydrogen) atoms. The number of methoxy groups -OCH3 is 1. The van der Waals surface area contributed by atoms with E-state index in [4.69, 9.17) is 9.84 Å². The summed E-state index contributed by atoms with van der Waals surface area (Å²) in [6, 6.07) is 3.46. The summed E-state index contributed by atoms with van der Waals surface area (Å²) in [7, 11) is 1.49. The van der Waals surface area contributed by atoms with Crippen LogP contribution in [0.15, 0.2) is 18.3 Å². The number of carboxylic acid groups (broad SMARTS) is 1. The molecule has 0 bridgehead atoms. The van der Waals surface area contributed by atoms with Crippen molar-refractivity contribution in [3.05, 3.63) is 23.9 Å². The molecule has 0 aliphatic carbocycles. The highest BCUT2D eigenvalue weighted by atomic mass is 16.5. The molecule has 0 saturated heterocycles. The Kier molecular flexibility index (Phi) is 5.22. The summed E-state index contributed by atoms with van der Waals surface area (Å²) >= 11 is 0. The van der Waals surface area contributed by atoms with Crippen LogP contribution in [0.5, 0.6) is 5.88 Å². The zero-order chi connectivity index (χ0) is 12.7. The minimum atomic E-state index is -1.06. The van der Waals surface area contributed by atoms with Crippen LogP contribution < -0.4 is 10.1 Å². The summed E-state index contributed by atoms with van der Waals surface area (Å²) in [4.78, 5) is 14.2. The van der Waals surface area contributed by atoms with Crippen molar-refractivity contribution >= 4 is 6.09 Å². The normalized spacial score (nSPS) is 11.9. The van der Waals surface area contributed by atoms with Crippen LogP contribution in [-0.2, 0) is 0 Å². The average molecular weight is 240 g/mol. The second-order valence-corrected chi connectivity index (χ2v) is 3.49. The summed E-state index contributed by atoms with van der Waals surface area (Å²) in [5.41, 5.74) is 0.616. The van der Waals surface area contributed by atoms with E-state index >= 15 is 0 Å². The summed E-state index contributed by atoms with van der Waals surface area (Å²) in [6.45, 7) is 0.314. The SMILES string of the molecule is COc1ncccc1C(O)CCCNC(=O)O. The molecule has 0 aliphatic heterocycles. The van der Waals surface area contributed by atoms with E-state index in [9.17, 15) is 9.90 Å². The second-order valence-electron chi connectivity index (χ2n) is 3.49. The predicted octanol–water partition coefficient (Wildman–Crippen LogP) is 1.17. The number of hydrogen-bond acceptors (Lipinski definition) is 4. The van der Waals surface area contributed by atoms with Crippen LogP contribution in [0.4, 0.5) is 4.79 Å². The van der Waals surface area contributed by atoms with Gasteiger partial charge in [0.15, 0.2) is 0 Å². The van der Waals surface area contributed by atoms with Crippen LogP contribution in [0.2, 0.25) is 0 Å². The fourth-order valence-electron chi connectivity index (χ4n) is 1.47. The molecule has 6 heteroatoms. The maximum atomic E-state index is 10.2. The predicted molar refractivity (Wildman–Crippen MR) is 61.0 cm³/mol. The highest BCUT2D eigenvalue weighted by molar-refractivity contribution is 5.64. The maximum Gasteiger partial charge on any atom is 0.404 e. The largest absolute Gasteiger partial charge is 0.481 e. The van der Waals surface area contributed by atoms with Gasteiger partial charge in [0.2, 0.25) is 5.88 Å². The number of aliphatic hydroxyl groups excluding tert-OH is 1. The van der Waals surface area contributed by atoms with Gasteiger partial charge in [0.25, 0.3) is 0 Å². The molecule has 1 atom stereocenters. The maximum absolute atomic E-state index is 10.2. The zero-order valence-corrected chi connectivity index (χ0v) is 9.59. The Morgan fingerprint density at radius 1 is 1.65 bits per heavy atom. The zero-order valence-electron chi connectivity index (χ0n) is 9.59. The monoisotopic (exact) mass is 240 g/mol. The van der Waals surface area contributed by atoms with Gasteiger partial charge >= 0.3 is 6.09 Å². The van der Waals surface area contributed by atoms with Gasteiger partial charge in [0.1, 0.15) is 0 Å². The molecule has 3 N–H and O–H groups in total. The van der Waals surface area contributed by atoms with E-state index in [1.165, 1.54) is 7.11 Å². The van der Waals surface area contributed by atoms with Crippen molar-refractivity contribution < 1.29 is 19.7 Å². The number of carbonyl (C=O) groups is 1. The van der Waals surface area contributed by atoms with Gasteiger partial charge in [0, 0.05) is 18.3 Å². The van der Waals surface area contributed by atoms with Crippen LogP contribution in [0, 0.1) is 0 Å². The van der Waals surface area contributed by atoms with Gasteiger partial charge in [0.05, 0.1) is 13.2 Å². The number of nitrogens with one attached hydrogen (secondary N) is 1. The molecular weight excluding hydrogens is 224 g/mol. The highest BCUT2D eigenvalue weighted by Crippen LogP contribution is 2.25. The van der Waals surface area contributed by atoms with Crippen molar-refractivity contribution in [1.82, 2.24) is 10.3 Å². The smallest absolute Gasteiger partial charge is 0.404 e. The van der Waals surface area contributed by atoms with Crippen molar-refractivity contribution in [3.8, 4) is 5.88 Å². The van der Waals surface area contributed by atoms with Gasteiger partial charge < -0.3 is 20.3 Å². The lowest BCUT2D eigenvalue weighted by molar-refractivity contribution is 0.157. The van der Waals surface area contributed by atoms with Crippen molar-refractivity contribution in [3.63, 3.8) is 0 Å². The number of amides is 1. The first-order valence-corrected chi connectivity index (χ1v) is 5.29. The van der Waals surface area contributed by atoms with Crippen LogP contribution in [0.1, 0.15) is 24.5 Å². The number of aliphatic hydroxyl groups is 1. The first-order valence-electron chi connectivity index (χ1n) is 5.29. The van der Waals surface area contributed by atoms with Crippen molar-refractivity contribution in [1.29, 1.82) is 0 Å². The molecule has 1 heterocycles. The van der Waals surface area contributed by atoms with Gasteiger partial charge in [-0.05, 0) is 25.0 Å². The molecule has 1 aromatic rings. The fourth-order valence-corrected chi connectivity index (χ4v) is 1.47. The topological polar surface area (TPSA) is 91.7 Å². The number of aromatic nitrogens is 1. The third-order valence-corrected chi connectivity index (χ3v) is 2.28. The van der Waals surface area contributed by atoms with Gasteiger partial charge in [-0.2, -0.15) is 0 Å². The average Bonchev–Trinajstić information content (AvgIpc) is 2.34. The quantitative estimate of drug-likeness (QED) is 0.649. The number of hydrogen-bond donors (Lipinski definition) is 3. The molecule has 1 rings (SSSR count). The van der Waals surface area contributed by atoms with E-state index in [0.29, 0.717) is 30.8 Å². The number of pyridine rings is 1. The Morgan fingerprint density at radius 3 is 3.06 bits per heavy atom. The summed E-state index contributed by atoms with van der Waals surface area (Å²) in [5.74, 6) is 0.395. The van der Waals surface area contributed by atoms with E-state index in [1.807, 2.05) is 0 Å². The molecule has 0 radical (unpaired) electrons. The Hall–Kier alpha value is -1.82. The van der Waals surface area contributed by atoms with E-state index in [1.54, 1.807) is 18.3 Å². The first-order chi connectivity index (χ1) is 8.15. The molecule has 6 nitrogen and oxygen atoms in total. The molecule has 0 spiro atoms. The molecule has 0 aliphatic rings. The summed E-state index contributed by atoms with van der Waals surface area (Å²) in [6.07, 6.45) is 0.821. The summed E-state index contributed by atoms with van der Waals surface area (Å²) in [5, 5.41) is 20.5. The molecule has 1 aromatic heterocycles. The standard InChI is InChI=1S/C11H16N2O4/c1-17-10-8(4-2-6-12-10)9(14)5-3-7-13-11(15)16/h2,4,6,9,13-14H,3,5,7H2,1H3,(H,15,16). The molecule has 0 saturated carbocycles. The lowest BCUT2D eigenvalue weighted by atomic mass is 10.1. The minimum absolute atomic E-state index is 0.314. The van der Waals surface area contributed by atoms with Crippen molar-refractivity contribution in [2.45, 2.75) is 18.9 Å². The highest BCUT2D eigenvalue weighted by Gasteiger charge is 2.13.